The second-order valence-electron chi connectivity index (χ2n) is 3.02. The van der Waals surface area contributed by atoms with E-state index in [2.05, 4.69) is 5.32 Å². The molecule has 2 unspecified atom stereocenters. The molecule has 1 aliphatic heterocycles. The van der Waals surface area contributed by atoms with Gasteiger partial charge in [-0.15, -0.1) is 0 Å². The average molecular weight is 157 g/mol. The van der Waals surface area contributed by atoms with Gasteiger partial charge in [-0.2, -0.15) is 0 Å². The summed E-state index contributed by atoms with van der Waals surface area (Å²) in [6.45, 7) is 3.50. The Morgan fingerprint density at radius 1 is 1.82 bits per heavy atom. The van der Waals surface area contributed by atoms with E-state index in [9.17, 15) is 9.90 Å². The van der Waals surface area contributed by atoms with E-state index in [0.717, 1.165) is 19.5 Å². The Hall–Kier alpha value is -0.410. The number of rotatable bonds is 3. The molecular formula is C8H15NO2. The Labute approximate surface area is 66.8 Å². The summed E-state index contributed by atoms with van der Waals surface area (Å²) in [4.78, 5) is 11.0. The molecule has 1 aliphatic rings. The van der Waals surface area contributed by atoms with Gasteiger partial charge in [-0.25, -0.2) is 0 Å². The smallest absolute Gasteiger partial charge is 0.161 e. The fraction of sp³-hybridized carbons (Fsp3) is 0.875. The van der Waals surface area contributed by atoms with Crippen molar-refractivity contribution < 1.29 is 9.90 Å². The van der Waals surface area contributed by atoms with E-state index in [4.69, 9.17) is 0 Å². The van der Waals surface area contributed by atoms with Crippen LogP contribution in [0.15, 0.2) is 0 Å². The van der Waals surface area contributed by atoms with Crippen LogP contribution in [-0.4, -0.2) is 30.1 Å². The van der Waals surface area contributed by atoms with Gasteiger partial charge in [-0.05, 0) is 13.0 Å². The Morgan fingerprint density at radius 3 is 3.00 bits per heavy atom. The maximum absolute atomic E-state index is 11.0. The number of aliphatic hydroxyl groups excluding tert-OH is 1. The summed E-state index contributed by atoms with van der Waals surface area (Å²) in [5.74, 6) is 0.126. The molecule has 0 amide bonds. The van der Waals surface area contributed by atoms with Crippen molar-refractivity contribution in [2.45, 2.75) is 25.9 Å². The van der Waals surface area contributed by atoms with Crippen molar-refractivity contribution in [2.75, 3.05) is 13.1 Å². The maximum Gasteiger partial charge on any atom is 0.161 e. The molecule has 3 nitrogen and oxygen atoms in total. The molecule has 1 saturated heterocycles. The molecule has 3 heteroatoms. The molecule has 1 fully saturated rings. The van der Waals surface area contributed by atoms with Crippen LogP contribution in [0.5, 0.6) is 0 Å². The number of Topliss-reactive ketones (excluding diaryl/α,β-unsaturated/α-hetero) is 1. The first kappa shape index (κ1) is 8.68. The van der Waals surface area contributed by atoms with E-state index >= 15 is 0 Å². The van der Waals surface area contributed by atoms with Crippen LogP contribution in [-0.2, 0) is 4.79 Å². The van der Waals surface area contributed by atoms with E-state index in [0.29, 0.717) is 6.42 Å². The number of carbonyl (C=O) groups is 1. The molecule has 64 valence electrons. The highest BCUT2D eigenvalue weighted by atomic mass is 16.3. The molecule has 0 spiro atoms. The summed E-state index contributed by atoms with van der Waals surface area (Å²) in [5, 5.41) is 12.5. The van der Waals surface area contributed by atoms with Crippen LogP contribution in [0.1, 0.15) is 19.8 Å². The van der Waals surface area contributed by atoms with Gasteiger partial charge in [-0.3, -0.25) is 4.79 Å². The topological polar surface area (TPSA) is 49.3 Å². The highest BCUT2D eigenvalue weighted by Crippen LogP contribution is 2.14. The summed E-state index contributed by atoms with van der Waals surface area (Å²) >= 11 is 0. The van der Waals surface area contributed by atoms with Crippen molar-refractivity contribution in [1.29, 1.82) is 0 Å². The largest absolute Gasteiger partial charge is 0.385 e. The molecule has 11 heavy (non-hydrogen) atoms. The molecule has 0 aliphatic carbocycles. The highest BCUT2D eigenvalue weighted by molar-refractivity contribution is 5.82. The SMILES string of the molecule is CCC(=O)C(O)C1CCNC1. The predicted molar refractivity (Wildman–Crippen MR) is 42.3 cm³/mol. The Kier molecular flexibility index (Phi) is 3.02. The van der Waals surface area contributed by atoms with Crippen LogP contribution in [0, 0.1) is 5.92 Å². The number of hydrogen-bond donors (Lipinski definition) is 2. The van der Waals surface area contributed by atoms with Gasteiger partial charge < -0.3 is 10.4 Å². The second kappa shape index (κ2) is 3.83. The summed E-state index contributed by atoms with van der Waals surface area (Å²) in [5.41, 5.74) is 0. The fourth-order valence-electron chi connectivity index (χ4n) is 1.42. The maximum atomic E-state index is 11.0. The van der Waals surface area contributed by atoms with Crippen molar-refractivity contribution in [1.82, 2.24) is 5.32 Å². The summed E-state index contributed by atoms with van der Waals surface area (Å²) < 4.78 is 0. The first-order chi connectivity index (χ1) is 5.25. The van der Waals surface area contributed by atoms with Crippen LogP contribution >= 0.6 is 0 Å². The molecule has 0 aromatic rings. The van der Waals surface area contributed by atoms with Gasteiger partial charge in [0.2, 0.25) is 0 Å². The Balaban J connectivity index is 2.39. The van der Waals surface area contributed by atoms with Crippen molar-refractivity contribution in [2.24, 2.45) is 5.92 Å². The predicted octanol–water partition coefficient (Wildman–Crippen LogP) is -0.0641. The van der Waals surface area contributed by atoms with Crippen LogP contribution in [0.3, 0.4) is 0 Å². The molecule has 0 aromatic carbocycles. The molecule has 2 atom stereocenters. The standard InChI is InChI=1S/C8H15NO2/c1-2-7(10)8(11)6-3-4-9-5-6/h6,8-9,11H,2-5H2,1H3. The first-order valence-corrected chi connectivity index (χ1v) is 4.17. The lowest BCUT2D eigenvalue weighted by Gasteiger charge is -2.14. The Morgan fingerprint density at radius 2 is 2.55 bits per heavy atom. The van der Waals surface area contributed by atoms with Crippen LogP contribution < -0.4 is 5.32 Å². The zero-order chi connectivity index (χ0) is 8.27. The number of carbonyl (C=O) groups excluding carboxylic acids is 1. The zero-order valence-corrected chi connectivity index (χ0v) is 6.84. The normalized spacial score (nSPS) is 26.9. The molecule has 0 aromatic heterocycles. The molecule has 2 N–H and O–H groups in total. The lowest BCUT2D eigenvalue weighted by atomic mass is 9.97. The highest BCUT2D eigenvalue weighted by Gasteiger charge is 2.26. The lowest BCUT2D eigenvalue weighted by Crippen LogP contribution is -2.30. The molecule has 1 rings (SSSR count). The van der Waals surface area contributed by atoms with E-state index in [1.165, 1.54) is 0 Å². The van der Waals surface area contributed by atoms with Crippen LogP contribution in [0.25, 0.3) is 0 Å². The monoisotopic (exact) mass is 157 g/mol. The molecular weight excluding hydrogens is 142 g/mol. The van der Waals surface area contributed by atoms with Crippen LogP contribution in [0.4, 0.5) is 0 Å². The zero-order valence-electron chi connectivity index (χ0n) is 6.84. The summed E-state index contributed by atoms with van der Waals surface area (Å²) in [6.07, 6.45) is 0.639. The van der Waals surface area contributed by atoms with Gasteiger partial charge in [0.1, 0.15) is 6.10 Å². The first-order valence-electron chi connectivity index (χ1n) is 4.17. The van der Waals surface area contributed by atoms with Gasteiger partial charge in [-0.1, -0.05) is 6.92 Å². The minimum absolute atomic E-state index is 0.0290. The van der Waals surface area contributed by atoms with Crippen LogP contribution in [0.2, 0.25) is 0 Å². The van der Waals surface area contributed by atoms with Crippen molar-refractivity contribution in [3.63, 3.8) is 0 Å². The summed E-state index contributed by atoms with van der Waals surface area (Å²) in [7, 11) is 0. The number of aliphatic hydroxyl groups is 1. The third-order valence-electron chi connectivity index (χ3n) is 2.22. The molecule has 0 bridgehead atoms. The minimum atomic E-state index is -0.727. The fourth-order valence-corrected chi connectivity index (χ4v) is 1.42. The minimum Gasteiger partial charge on any atom is -0.385 e. The van der Waals surface area contributed by atoms with Crippen molar-refractivity contribution in [3.8, 4) is 0 Å². The number of nitrogens with one attached hydrogen (secondary N) is 1. The van der Waals surface area contributed by atoms with E-state index in [1.807, 2.05) is 0 Å². The lowest BCUT2D eigenvalue weighted by molar-refractivity contribution is -0.129. The number of ketones is 1. The van der Waals surface area contributed by atoms with Crippen molar-refractivity contribution in [3.05, 3.63) is 0 Å². The van der Waals surface area contributed by atoms with E-state index in [1.54, 1.807) is 6.92 Å². The second-order valence-corrected chi connectivity index (χ2v) is 3.02. The summed E-state index contributed by atoms with van der Waals surface area (Å²) in [6, 6.07) is 0. The molecule has 0 radical (unpaired) electrons. The molecule has 1 heterocycles. The van der Waals surface area contributed by atoms with Gasteiger partial charge in [0, 0.05) is 18.9 Å². The third-order valence-corrected chi connectivity index (χ3v) is 2.22. The van der Waals surface area contributed by atoms with Crippen molar-refractivity contribution >= 4 is 5.78 Å². The third kappa shape index (κ3) is 2.01. The Bertz CT molecular complexity index is 141. The van der Waals surface area contributed by atoms with E-state index in [-0.39, 0.29) is 11.7 Å². The number of hydrogen-bond acceptors (Lipinski definition) is 3. The van der Waals surface area contributed by atoms with Gasteiger partial charge in [0.25, 0.3) is 0 Å². The average Bonchev–Trinajstić information content (AvgIpc) is 2.53. The molecule has 0 saturated carbocycles. The van der Waals surface area contributed by atoms with Gasteiger partial charge in [0.05, 0.1) is 0 Å². The quantitative estimate of drug-likeness (QED) is 0.603. The van der Waals surface area contributed by atoms with Gasteiger partial charge >= 0.3 is 0 Å². The van der Waals surface area contributed by atoms with E-state index < -0.39 is 6.10 Å². The van der Waals surface area contributed by atoms with Gasteiger partial charge in [0.15, 0.2) is 5.78 Å².